The maximum atomic E-state index is 12.6. The molecule has 0 amide bonds. The number of phenolic OH excluding ortho intramolecular Hbond substituents is 3. The number of benzene rings is 2. The molecule has 0 aromatic heterocycles. The summed E-state index contributed by atoms with van der Waals surface area (Å²) < 4.78 is 9.61. The number of aliphatic hydroxyl groups is 2. The molecule has 2 aliphatic carbocycles. The number of ketones is 4. The van der Waals surface area contributed by atoms with Crippen molar-refractivity contribution in [3.8, 4) is 23.0 Å². The van der Waals surface area contributed by atoms with E-state index in [4.69, 9.17) is 9.47 Å². The van der Waals surface area contributed by atoms with Crippen LogP contribution >= 0.6 is 0 Å². The largest absolute Gasteiger partial charge is 0.508 e. The quantitative estimate of drug-likeness (QED) is 0.0101. The van der Waals surface area contributed by atoms with Crippen molar-refractivity contribution in [3.05, 3.63) is 184 Å². The summed E-state index contributed by atoms with van der Waals surface area (Å²) in [6.07, 6.45) is 36.3. The summed E-state index contributed by atoms with van der Waals surface area (Å²) >= 11 is 0. The number of Topliss-reactive ketones (excluding diaryl/α,β-unsaturated/α-hetero) is 4. The second-order valence-corrected chi connectivity index (χ2v) is 28.9. The van der Waals surface area contributed by atoms with Gasteiger partial charge in [0, 0.05) is 22.3 Å². The number of aliphatic hydroxyl groups excluding tert-OH is 2. The van der Waals surface area contributed by atoms with Crippen LogP contribution in [0.4, 0.5) is 0 Å². The van der Waals surface area contributed by atoms with Crippen molar-refractivity contribution in [3.63, 3.8) is 0 Å². The Bertz CT molecular complexity index is 3840. The Labute approximate surface area is 644 Å². The summed E-state index contributed by atoms with van der Waals surface area (Å²) in [4.78, 5) is 97.7. The molecule has 0 spiro atoms. The number of carbonyl (C=O) groups excluding carboxylic acids is 6. The summed E-state index contributed by atoms with van der Waals surface area (Å²) in [5, 5.41) is 81.8. The van der Waals surface area contributed by atoms with Crippen LogP contribution in [-0.4, -0.2) is 102 Å². The molecule has 0 heterocycles. The van der Waals surface area contributed by atoms with Gasteiger partial charge in [-0.1, -0.05) is 172 Å². The molecule has 596 valence electrons. The maximum absolute atomic E-state index is 12.6. The molecule has 0 aliphatic heterocycles. The first-order valence-corrected chi connectivity index (χ1v) is 38.4. The first-order chi connectivity index (χ1) is 51.0. The van der Waals surface area contributed by atoms with Crippen LogP contribution < -0.4 is 0 Å². The molecule has 0 saturated heterocycles. The molecule has 0 saturated carbocycles. The average molecular weight is 1500 g/mol. The van der Waals surface area contributed by atoms with Crippen molar-refractivity contribution >= 4 is 47.0 Å². The summed E-state index contributed by atoms with van der Waals surface area (Å²) in [6.45, 7) is 32.5. The van der Waals surface area contributed by atoms with Crippen LogP contribution in [0.2, 0.25) is 0 Å². The number of allylic oxidation sites excluding steroid dienone is 20. The molecule has 0 atom stereocenters. The molecule has 8 N–H and O–H groups in total. The fourth-order valence-corrected chi connectivity index (χ4v) is 12.0. The highest BCUT2D eigenvalue weighted by atomic mass is 16.5. The van der Waals surface area contributed by atoms with E-state index in [1.54, 1.807) is 12.1 Å². The smallest absolute Gasteiger partial charge is 0.342 e. The van der Waals surface area contributed by atoms with Crippen molar-refractivity contribution in [2.45, 2.75) is 291 Å². The predicted molar refractivity (Wildman–Crippen MR) is 432 cm³/mol. The third kappa shape index (κ3) is 33.4. The summed E-state index contributed by atoms with van der Waals surface area (Å²) in [5.74, 6) is -8.37. The number of esters is 2. The van der Waals surface area contributed by atoms with Crippen LogP contribution in [0.1, 0.15) is 308 Å². The van der Waals surface area contributed by atoms with E-state index in [1.807, 2.05) is 87.5 Å². The number of carboxylic acid groups (broad SMARTS) is 2. The van der Waals surface area contributed by atoms with Gasteiger partial charge >= 0.3 is 23.9 Å². The first kappa shape index (κ1) is 96.7. The number of aryl methyl sites for hydroxylation is 2. The minimum Gasteiger partial charge on any atom is -0.508 e. The number of phenols is 4. The number of carboxylic acids is 2. The number of rotatable bonds is 40. The van der Waals surface area contributed by atoms with Crippen LogP contribution in [-0.2, 0) is 63.9 Å². The van der Waals surface area contributed by atoms with Gasteiger partial charge in [0.15, 0.2) is 0 Å². The van der Waals surface area contributed by atoms with E-state index in [-0.39, 0.29) is 93.2 Å². The molecule has 0 radical (unpaired) electrons. The zero-order valence-electron chi connectivity index (χ0n) is 68.2. The SMILES string of the molecule is CCCCCC1=C(C(=O)O)C(O)=C(C/C=C(\C)CCC=C(C)C)C(=O)C1=O.CCCCCC1=C(C(=O)OC)C(O)=C(C/C=C(\C)CCC=C(C)C)C(=O)C1=O.CCCCCc1cc(O)c(C/C=C(\C)CCC=C(C)C)c(O)c1C(=O)O.CCCCCc1cc(O)c(C/C=C(\C)CCC=C(C)C)c(O)c1C(=O)OC. The van der Waals surface area contributed by atoms with Gasteiger partial charge in [0.05, 0.1) is 25.4 Å². The number of aromatic carboxylic acids is 1. The second-order valence-electron chi connectivity index (χ2n) is 28.9. The van der Waals surface area contributed by atoms with Gasteiger partial charge in [-0.25, -0.2) is 19.2 Å². The van der Waals surface area contributed by atoms with Gasteiger partial charge < -0.3 is 50.3 Å². The van der Waals surface area contributed by atoms with Gasteiger partial charge in [-0.2, -0.15) is 0 Å². The van der Waals surface area contributed by atoms with Crippen LogP contribution in [0, 0.1) is 0 Å². The van der Waals surface area contributed by atoms with Gasteiger partial charge in [-0.15, -0.1) is 0 Å². The van der Waals surface area contributed by atoms with Gasteiger partial charge in [0.2, 0.25) is 23.1 Å². The summed E-state index contributed by atoms with van der Waals surface area (Å²) in [5.41, 5.74) is 10.6. The highest BCUT2D eigenvalue weighted by molar-refractivity contribution is 6.52. The topological polar surface area (TPSA) is 317 Å². The molecule has 2 aromatic rings. The van der Waals surface area contributed by atoms with Gasteiger partial charge in [0.1, 0.15) is 56.8 Å². The van der Waals surface area contributed by atoms with Crippen LogP contribution in [0.3, 0.4) is 0 Å². The minimum atomic E-state index is -1.37. The van der Waals surface area contributed by atoms with E-state index >= 15 is 0 Å². The molecule has 0 bridgehead atoms. The van der Waals surface area contributed by atoms with Crippen molar-refractivity contribution in [2.24, 2.45) is 0 Å². The van der Waals surface area contributed by atoms with Gasteiger partial charge in [-0.3, -0.25) is 19.2 Å². The lowest BCUT2D eigenvalue weighted by molar-refractivity contribution is -0.137. The molecule has 18 heteroatoms. The van der Waals surface area contributed by atoms with Crippen LogP contribution in [0.5, 0.6) is 23.0 Å². The van der Waals surface area contributed by atoms with E-state index in [9.17, 15) is 79.2 Å². The number of aromatic hydroxyl groups is 4. The van der Waals surface area contributed by atoms with Crippen molar-refractivity contribution in [2.75, 3.05) is 14.2 Å². The van der Waals surface area contributed by atoms with Gasteiger partial charge in [-0.05, 0) is 235 Å². The highest BCUT2D eigenvalue weighted by Gasteiger charge is 2.39. The Balaban J connectivity index is 0.000000720. The summed E-state index contributed by atoms with van der Waals surface area (Å²) in [7, 11) is 2.50. The van der Waals surface area contributed by atoms with Crippen LogP contribution in [0.25, 0.3) is 0 Å². The molecule has 108 heavy (non-hydrogen) atoms. The fraction of sp³-hybridized carbons (Fsp3) is 0.511. The zero-order chi connectivity index (χ0) is 81.9. The Kier molecular flexibility index (Phi) is 46.4. The molecular formula is C90H128O18. The number of hydrogen-bond donors (Lipinski definition) is 8. The molecule has 2 aliphatic rings. The molecule has 2 aromatic carbocycles. The molecule has 18 nitrogen and oxygen atoms in total. The van der Waals surface area contributed by atoms with E-state index < -0.39 is 64.1 Å². The molecule has 4 rings (SSSR count). The van der Waals surface area contributed by atoms with Crippen molar-refractivity contribution < 1.29 is 88.7 Å². The Morgan fingerprint density at radius 3 is 0.944 bits per heavy atom. The fourth-order valence-electron chi connectivity index (χ4n) is 12.0. The third-order valence-electron chi connectivity index (χ3n) is 18.4. The predicted octanol–water partition coefficient (Wildman–Crippen LogP) is 21.7. The lowest BCUT2D eigenvalue weighted by Crippen LogP contribution is -2.29. The average Bonchev–Trinajstić information content (AvgIpc) is 0.777. The number of aliphatic carboxylic acids is 1. The standard InChI is InChI=1S/C23H32O5.C23H34O4.C22H30O5.C22H32O4/c1-6-7-8-12-17-19(23(27)28-5)20(24)18(22(26)21(17)25)14-13-16(4)11-9-10-15(2)3;1-6-7-8-12-18-15-20(24)19(22(25)21(18)23(26)27-5)14-13-17(4)11-9-10-16(2)3;1-5-6-7-11-16-18(22(26)27)19(23)17(21(25)20(16)24)13-12-15(4)10-8-9-14(2)3;1-5-6-7-11-17-14-19(23)18(21(24)20(17)22(25)26)13-12-16(4)10-8-9-15(2)3/h10,13,24H,6-9,11-12,14H2,1-5H3;10,13,15,24-25H,6-9,11-12,14H2,1-5H3;9,12,23H,5-8,10-11,13H2,1-4H3,(H,26,27);9,12,14,23-24H,5-8,10-11,13H2,1-4H3,(H,25,26)/b16-13+;17-13+;15-12+;16-12+. The Morgan fingerprint density at radius 2 is 0.639 bits per heavy atom. The zero-order valence-corrected chi connectivity index (χ0v) is 68.2. The molecule has 0 fully saturated rings. The normalized spacial score (nSPS) is 13.4. The van der Waals surface area contributed by atoms with Crippen LogP contribution in [0.15, 0.2) is 150 Å². The first-order valence-electron chi connectivity index (χ1n) is 38.4. The van der Waals surface area contributed by atoms with Crippen molar-refractivity contribution in [1.29, 1.82) is 0 Å². The highest BCUT2D eigenvalue weighted by Crippen LogP contribution is 2.39. The number of ether oxygens (including phenoxy) is 2. The number of carbonyl (C=O) groups is 8. The van der Waals surface area contributed by atoms with E-state index in [0.717, 1.165) is 132 Å². The van der Waals surface area contributed by atoms with E-state index in [1.165, 1.54) is 48.2 Å². The van der Waals surface area contributed by atoms with E-state index in [2.05, 4.69) is 65.8 Å². The number of methoxy groups -OCH3 is 2. The third-order valence-corrected chi connectivity index (χ3v) is 18.4. The van der Waals surface area contributed by atoms with Crippen molar-refractivity contribution in [1.82, 2.24) is 0 Å². The Morgan fingerprint density at radius 1 is 0.352 bits per heavy atom. The Hall–Kier alpha value is -9.32. The second kappa shape index (κ2) is 51.9. The lowest BCUT2D eigenvalue weighted by Gasteiger charge is -2.19. The summed E-state index contributed by atoms with van der Waals surface area (Å²) in [6, 6.07) is 3.10. The minimum absolute atomic E-state index is 0.0278. The van der Waals surface area contributed by atoms with E-state index in [0.29, 0.717) is 55.2 Å². The molecule has 0 unspecified atom stereocenters. The molecular weight excluding hydrogens is 1370 g/mol. The monoisotopic (exact) mass is 1500 g/mol. The lowest BCUT2D eigenvalue weighted by atomic mass is 9.84. The number of unbranched alkanes of at least 4 members (excludes halogenated alkanes) is 8. The van der Waals surface area contributed by atoms with Gasteiger partial charge in [0.25, 0.3) is 0 Å². The maximum Gasteiger partial charge on any atom is 0.342 e. The number of hydrogen-bond acceptors (Lipinski definition) is 16.